The molecule has 1 N–H and O–H groups in total. The van der Waals surface area contributed by atoms with Crippen LogP contribution >= 0.6 is 0 Å². The Morgan fingerprint density at radius 2 is 1.84 bits per heavy atom. The molecule has 0 bridgehead atoms. The van der Waals surface area contributed by atoms with E-state index in [-0.39, 0.29) is 0 Å². The van der Waals surface area contributed by atoms with Gasteiger partial charge in [-0.3, -0.25) is 4.90 Å². The van der Waals surface area contributed by atoms with Gasteiger partial charge in [-0.15, -0.1) is 0 Å². The first kappa shape index (κ1) is 13.0. The third-order valence-corrected chi connectivity index (χ3v) is 4.05. The maximum absolute atomic E-state index is 13.0. The summed E-state index contributed by atoms with van der Waals surface area (Å²) in [5, 5.41) is 3.50. The number of likely N-dealkylation sites (tertiary alicyclic amines) is 1. The molecule has 3 rings (SSSR count). The molecule has 4 heteroatoms. The Kier molecular flexibility index (Phi) is 3.80. The van der Waals surface area contributed by atoms with Crippen molar-refractivity contribution >= 4 is 0 Å². The number of hydrogen-bond acceptors (Lipinski definition) is 2. The minimum atomic E-state index is -0.490. The minimum Gasteiger partial charge on any atom is -0.312 e. The molecule has 1 aromatic rings. The smallest absolute Gasteiger partial charge is 0.126 e. The molecule has 1 aliphatic heterocycles. The van der Waals surface area contributed by atoms with Crippen molar-refractivity contribution in [3.8, 4) is 0 Å². The number of benzene rings is 1. The van der Waals surface area contributed by atoms with Crippen LogP contribution in [0.1, 0.15) is 24.8 Å². The lowest BCUT2D eigenvalue weighted by Gasteiger charge is -2.15. The highest BCUT2D eigenvalue weighted by atomic mass is 19.1. The number of rotatable bonds is 5. The standard InChI is InChI=1S/C15H20F2N2/c16-12-7-11(8-13(17)9-12)3-5-18-14-4-6-19(10-14)15-1-2-15/h7-9,14-15,18H,1-6,10H2. The molecule has 2 nitrogen and oxygen atoms in total. The predicted molar refractivity (Wildman–Crippen MR) is 71.1 cm³/mol. The summed E-state index contributed by atoms with van der Waals surface area (Å²) in [5.41, 5.74) is 0.724. The van der Waals surface area contributed by atoms with Crippen molar-refractivity contribution in [1.29, 1.82) is 0 Å². The summed E-state index contributed by atoms with van der Waals surface area (Å²) in [5.74, 6) is -0.980. The van der Waals surface area contributed by atoms with Crippen LogP contribution in [-0.2, 0) is 6.42 Å². The lowest BCUT2D eigenvalue weighted by molar-refractivity contribution is 0.318. The van der Waals surface area contributed by atoms with E-state index in [4.69, 9.17) is 0 Å². The van der Waals surface area contributed by atoms with Crippen LogP contribution in [0.25, 0.3) is 0 Å². The monoisotopic (exact) mass is 266 g/mol. The zero-order chi connectivity index (χ0) is 13.2. The third-order valence-electron chi connectivity index (χ3n) is 4.05. The molecule has 1 aliphatic carbocycles. The van der Waals surface area contributed by atoms with Crippen molar-refractivity contribution in [3.63, 3.8) is 0 Å². The van der Waals surface area contributed by atoms with Crippen LogP contribution in [0.4, 0.5) is 8.78 Å². The quantitative estimate of drug-likeness (QED) is 0.880. The zero-order valence-corrected chi connectivity index (χ0v) is 11.0. The summed E-state index contributed by atoms with van der Waals surface area (Å²) < 4.78 is 26.1. The summed E-state index contributed by atoms with van der Waals surface area (Å²) in [6, 6.07) is 5.12. The molecular formula is C15H20F2N2. The Labute approximate surface area is 112 Å². The highest BCUT2D eigenvalue weighted by Gasteiger charge is 2.33. The van der Waals surface area contributed by atoms with E-state index in [1.165, 1.54) is 37.9 Å². The van der Waals surface area contributed by atoms with Crippen molar-refractivity contribution in [1.82, 2.24) is 10.2 Å². The van der Waals surface area contributed by atoms with Crippen molar-refractivity contribution in [2.75, 3.05) is 19.6 Å². The fourth-order valence-corrected chi connectivity index (χ4v) is 2.90. The highest BCUT2D eigenvalue weighted by Crippen LogP contribution is 2.29. The van der Waals surface area contributed by atoms with Gasteiger partial charge in [0.1, 0.15) is 11.6 Å². The first-order chi connectivity index (χ1) is 9.20. The maximum atomic E-state index is 13.0. The molecule has 1 unspecified atom stereocenters. The number of hydrogen-bond donors (Lipinski definition) is 1. The summed E-state index contributed by atoms with van der Waals surface area (Å²) in [4.78, 5) is 2.56. The zero-order valence-electron chi connectivity index (χ0n) is 11.0. The lowest BCUT2D eigenvalue weighted by Crippen LogP contribution is -2.34. The Bertz CT molecular complexity index is 426. The molecule has 1 aromatic carbocycles. The summed E-state index contributed by atoms with van der Waals surface area (Å²) in [7, 11) is 0. The van der Waals surface area contributed by atoms with Crippen LogP contribution in [0.3, 0.4) is 0 Å². The van der Waals surface area contributed by atoms with Gasteiger partial charge in [-0.25, -0.2) is 8.78 Å². The van der Waals surface area contributed by atoms with Gasteiger partial charge >= 0.3 is 0 Å². The van der Waals surface area contributed by atoms with Gasteiger partial charge < -0.3 is 5.32 Å². The molecular weight excluding hydrogens is 246 g/mol. The van der Waals surface area contributed by atoms with Crippen LogP contribution in [0.15, 0.2) is 18.2 Å². The van der Waals surface area contributed by atoms with Gasteiger partial charge in [0.2, 0.25) is 0 Å². The van der Waals surface area contributed by atoms with Gasteiger partial charge in [0, 0.05) is 31.2 Å². The van der Waals surface area contributed by atoms with Crippen LogP contribution in [0.5, 0.6) is 0 Å². The molecule has 2 aliphatic rings. The fourth-order valence-electron chi connectivity index (χ4n) is 2.90. The SMILES string of the molecule is Fc1cc(F)cc(CCNC2CCN(C3CC3)C2)c1. The molecule has 0 aromatic heterocycles. The number of nitrogens with zero attached hydrogens (tertiary/aromatic N) is 1. The van der Waals surface area contributed by atoms with Gasteiger partial charge in [-0.05, 0) is 49.9 Å². The number of nitrogens with one attached hydrogen (secondary N) is 1. The lowest BCUT2D eigenvalue weighted by atomic mass is 10.1. The first-order valence-electron chi connectivity index (χ1n) is 7.13. The molecule has 0 radical (unpaired) electrons. The van der Waals surface area contributed by atoms with E-state index in [9.17, 15) is 8.78 Å². The van der Waals surface area contributed by atoms with E-state index in [1.807, 2.05) is 0 Å². The van der Waals surface area contributed by atoms with E-state index in [0.29, 0.717) is 12.5 Å². The van der Waals surface area contributed by atoms with Crippen molar-refractivity contribution in [2.45, 2.75) is 37.8 Å². The average Bonchev–Trinajstić information content (AvgIpc) is 3.09. The van der Waals surface area contributed by atoms with Crippen molar-refractivity contribution in [3.05, 3.63) is 35.4 Å². The van der Waals surface area contributed by atoms with E-state index in [0.717, 1.165) is 30.8 Å². The summed E-state index contributed by atoms with van der Waals surface area (Å²) in [6.07, 6.45) is 4.58. The Hall–Kier alpha value is -1.00. The Morgan fingerprint density at radius 3 is 2.53 bits per heavy atom. The minimum absolute atomic E-state index is 0.490. The average molecular weight is 266 g/mol. The molecule has 1 atom stereocenters. The first-order valence-corrected chi connectivity index (χ1v) is 7.13. The molecule has 0 spiro atoms. The van der Waals surface area contributed by atoms with Crippen LogP contribution in [0.2, 0.25) is 0 Å². The van der Waals surface area contributed by atoms with E-state index >= 15 is 0 Å². The molecule has 104 valence electrons. The normalized spacial score (nSPS) is 24.0. The Balaban J connectivity index is 1.43. The highest BCUT2D eigenvalue weighted by molar-refractivity contribution is 5.18. The summed E-state index contributed by atoms with van der Waals surface area (Å²) >= 11 is 0. The molecule has 2 fully saturated rings. The number of halogens is 2. The largest absolute Gasteiger partial charge is 0.312 e. The second kappa shape index (κ2) is 5.55. The Morgan fingerprint density at radius 1 is 1.11 bits per heavy atom. The van der Waals surface area contributed by atoms with Gasteiger partial charge in [0.15, 0.2) is 0 Å². The molecule has 19 heavy (non-hydrogen) atoms. The van der Waals surface area contributed by atoms with Crippen LogP contribution in [-0.4, -0.2) is 36.6 Å². The summed E-state index contributed by atoms with van der Waals surface area (Å²) in [6.45, 7) is 3.10. The second-order valence-corrected chi connectivity index (χ2v) is 5.69. The van der Waals surface area contributed by atoms with E-state index in [2.05, 4.69) is 10.2 Å². The topological polar surface area (TPSA) is 15.3 Å². The van der Waals surface area contributed by atoms with E-state index < -0.39 is 11.6 Å². The molecule has 1 heterocycles. The van der Waals surface area contributed by atoms with Gasteiger partial charge in [-0.1, -0.05) is 0 Å². The molecule has 1 saturated carbocycles. The second-order valence-electron chi connectivity index (χ2n) is 5.69. The van der Waals surface area contributed by atoms with Gasteiger partial charge in [0.25, 0.3) is 0 Å². The van der Waals surface area contributed by atoms with E-state index in [1.54, 1.807) is 0 Å². The fraction of sp³-hybridized carbons (Fsp3) is 0.600. The van der Waals surface area contributed by atoms with Crippen molar-refractivity contribution < 1.29 is 8.78 Å². The maximum Gasteiger partial charge on any atom is 0.126 e. The van der Waals surface area contributed by atoms with Crippen LogP contribution in [0, 0.1) is 11.6 Å². The van der Waals surface area contributed by atoms with Crippen LogP contribution < -0.4 is 5.32 Å². The predicted octanol–water partition coefficient (Wildman–Crippen LogP) is 2.33. The molecule has 1 saturated heterocycles. The van der Waals surface area contributed by atoms with Gasteiger partial charge in [-0.2, -0.15) is 0 Å². The molecule has 0 amide bonds. The van der Waals surface area contributed by atoms with Crippen molar-refractivity contribution in [2.24, 2.45) is 0 Å². The third kappa shape index (κ3) is 3.51. The van der Waals surface area contributed by atoms with Gasteiger partial charge in [0.05, 0.1) is 0 Å².